The number of methoxy groups -OCH3 is 1. The number of hydrogen-bond donors (Lipinski definition) is 0. The first-order chi connectivity index (χ1) is 15.6. The van der Waals surface area contributed by atoms with E-state index in [1.807, 2.05) is 26.8 Å². The third kappa shape index (κ3) is 6.26. The number of carbonyl (C=O) groups excluding carboxylic acids is 1. The Kier molecular flexibility index (Phi) is 8.01. The fraction of sp³-hybridized carbons (Fsp3) is 0.381. The van der Waals surface area contributed by atoms with Crippen LogP contribution in [0.1, 0.15) is 36.1 Å². The van der Waals surface area contributed by atoms with Crippen molar-refractivity contribution in [3.05, 3.63) is 53.1 Å². The molecule has 2 aromatic heterocycles. The van der Waals surface area contributed by atoms with Crippen molar-refractivity contribution in [3.8, 4) is 5.69 Å². The smallest absolute Gasteiger partial charge is 0.416 e. The number of nitrogens with zero attached hydrogens (tertiary/aromatic N) is 5. The van der Waals surface area contributed by atoms with E-state index in [9.17, 15) is 18.0 Å². The second-order valence-corrected chi connectivity index (χ2v) is 9.15. The van der Waals surface area contributed by atoms with E-state index in [-0.39, 0.29) is 11.4 Å². The van der Waals surface area contributed by atoms with Crippen molar-refractivity contribution in [2.24, 2.45) is 0 Å². The molecule has 0 bridgehead atoms. The summed E-state index contributed by atoms with van der Waals surface area (Å²) in [5.74, 6) is 0.229. The molecule has 2 heterocycles. The SMILES string of the molecule is CCC(Sc1nnc(CSc2nc(C)cc(C)n2)n1-c1cccc(C(F)(F)F)c1)C(=O)OC. The molecule has 3 aromatic rings. The molecule has 7 nitrogen and oxygen atoms in total. The summed E-state index contributed by atoms with van der Waals surface area (Å²) in [4.78, 5) is 20.9. The molecule has 1 atom stereocenters. The minimum atomic E-state index is -4.50. The first-order valence-electron chi connectivity index (χ1n) is 9.93. The predicted molar refractivity (Wildman–Crippen MR) is 119 cm³/mol. The van der Waals surface area contributed by atoms with Gasteiger partial charge in [-0.2, -0.15) is 13.2 Å². The average molecular weight is 498 g/mol. The standard InChI is InChI=1S/C21H22F3N5O2S2/c1-5-16(18(30)31-4)33-20-28-27-17(11-32-19-25-12(2)9-13(3)26-19)29(20)15-8-6-7-14(10-15)21(22,23)24/h6-10,16H,5,11H2,1-4H3. The number of rotatable bonds is 8. The number of thioether (sulfide) groups is 2. The van der Waals surface area contributed by atoms with E-state index in [1.54, 1.807) is 6.07 Å². The number of ether oxygens (including phenoxy) is 1. The lowest BCUT2D eigenvalue weighted by Gasteiger charge is -2.15. The predicted octanol–water partition coefficient (Wildman–Crippen LogP) is 5.03. The van der Waals surface area contributed by atoms with Gasteiger partial charge in [-0.1, -0.05) is 36.5 Å². The van der Waals surface area contributed by atoms with Crippen molar-refractivity contribution in [2.75, 3.05) is 7.11 Å². The summed E-state index contributed by atoms with van der Waals surface area (Å²) in [7, 11) is 1.29. The molecular weight excluding hydrogens is 475 g/mol. The van der Waals surface area contributed by atoms with Crippen LogP contribution in [-0.4, -0.2) is 43.1 Å². The Morgan fingerprint density at radius 3 is 2.45 bits per heavy atom. The van der Waals surface area contributed by atoms with Gasteiger partial charge in [0.2, 0.25) is 0 Å². The Bertz CT molecular complexity index is 1120. The molecule has 0 radical (unpaired) electrons. The van der Waals surface area contributed by atoms with E-state index >= 15 is 0 Å². The zero-order chi connectivity index (χ0) is 24.2. The molecule has 12 heteroatoms. The number of alkyl halides is 3. The van der Waals surface area contributed by atoms with Gasteiger partial charge in [-0.05, 0) is 44.5 Å². The minimum absolute atomic E-state index is 0.244. The zero-order valence-electron chi connectivity index (χ0n) is 18.4. The molecule has 0 saturated carbocycles. The summed E-state index contributed by atoms with van der Waals surface area (Å²) in [6.07, 6.45) is -4.05. The Morgan fingerprint density at radius 1 is 1.15 bits per heavy atom. The zero-order valence-corrected chi connectivity index (χ0v) is 20.0. The van der Waals surface area contributed by atoms with Gasteiger partial charge in [0.05, 0.1) is 24.1 Å². The lowest BCUT2D eigenvalue weighted by Crippen LogP contribution is -2.18. The molecule has 0 aliphatic heterocycles. The molecule has 3 rings (SSSR count). The number of aromatic nitrogens is 5. The van der Waals surface area contributed by atoms with Crippen LogP contribution < -0.4 is 0 Å². The molecule has 0 aliphatic carbocycles. The van der Waals surface area contributed by atoms with Gasteiger partial charge < -0.3 is 4.74 Å². The fourth-order valence-electron chi connectivity index (χ4n) is 2.99. The number of halogens is 3. The summed E-state index contributed by atoms with van der Waals surface area (Å²) in [6.45, 7) is 5.53. The second kappa shape index (κ2) is 10.6. The van der Waals surface area contributed by atoms with Crippen LogP contribution >= 0.6 is 23.5 Å². The van der Waals surface area contributed by atoms with Crippen LogP contribution in [0, 0.1) is 13.8 Å². The van der Waals surface area contributed by atoms with Crippen molar-refractivity contribution >= 4 is 29.5 Å². The molecule has 1 aromatic carbocycles. The lowest BCUT2D eigenvalue weighted by atomic mass is 10.2. The lowest BCUT2D eigenvalue weighted by molar-refractivity contribution is -0.140. The Hall–Kier alpha value is -2.60. The molecule has 0 amide bonds. The van der Waals surface area contributed by atoms with Gasteiger partial charge in [0.25, 0.3) is 0 Å². The summed E-state index contributed by atoms with van der Waals surface area (Å²) in [6, 6.07) is 6.76. The third-order valence-corrected chi connectivity index (χ3v) is 6.64. The maximum Gasteiger partial charge on any atom is 0.416 e. The molecule has 0 saturated heterocycles. The maximum absolute atomic E-state index is 13.3. The van der Waals surface area contributed by atoms with Crippen molar-refractivity contribution in [3.63, 3.8) is 0 Å². The van der Waals surface area contributed by atoms with Gasteiger partial charge in [0, 0.05) is 11.4 Å². The van der Waals surface area contributed by atoms with Gasteiger partial charge >= 0.3 is 12.1 Å². The van der Waals surface area contributed by atoms with Crippen molar-refractivity contribution in [1.29, 1.82) is 0 Å². The van der Waals surface area contributed by atoms with Crippen LogP contribution in [0.25, 0.3) is 5.69 Å². The van der Waals surface area contributed by atoms with Gasteiger partial charge in [0.15, 0.2) is 10.3 Å². The molecule has 0 fully saturated rings. The van der Waals surface area contributed by atoms with Crippen LogP contribution in [-0.2, 0) is 21.5 Å². The van der Waals surface area contributed by atoms with Crippen LogP contribution in [0.5, 0.6) is 0 Å². The van der Waals surface area contributed by atoms with E-state index in [4.69, 9.17) is 4.74 Å². The molecule has 0 spiro atoms. The van der Waals surface area contributed by atoms with E-state index < -0.39 is 23.0 Å². The first kappa shape index (κ1) is 25.0. The van der Waals surface area contributed by atoms with E-state index in [0.717, 1.165) is 35.3 Å². The van der Waals surface area contributed by atoms with Crippen LogP contribution in [0.3, 0.4) is 0 Å². The van der Waals surface area contributed by atoms with E-state index in [2.05, 4.69) is 20.2 Å². The highest BCUT2D eigenvalue weighted by Crippen LogP contribution is 2.34. The molecule has 0 aliphatic rings. The molecule has 1 unspecified atom stereocenters. The monoisotopic (exact) mass is 497 g/mol. The van der Waals surface area contributed by atoms with Gasteiger partial charge in [0.1, 0.15) is 11.1 Å². The maximum atomic E-state index is 13.3. The highest BCUT2D eigenvalue weighted by Gasteiger charge is 2.31. The topological polar surface area (TPSA) is 82.8 Å². The number of carbonyl (C=O) groups is 1. The minimum Gasteiger partial charge on any atom is -0.468 e. The Morgan fingerprint density at radius 2 is 1.85 bits per heavy atom. The quantitative estimate of drug-likeness (QED) is 0.244. The van der Waals surface area contributed by atoms with Gasteiger partial charge in [-0.3, -0.25) is 9.36 Å². The fourth-order valence-corrected chi connectivity index (χ4v) is 4.87. The normalized spacial score (nSPS) is 12.6. The van der Waals surface area contributed by atoms with Crippen molar-refractivity contribution in [1.82, 2.24) is 24.7 Å². The highest BCUT2D eigenvalue weighted by molar-refractivity contribution is 8.00. The van der Waals surface area contributed by atoms with Crippen LogP contribution in [0.2, 0.25) is 0 Å². The Balaban J connectivity index is 2.01. The molecular formula is C21H22F3N5O2S2. The third-order valence-electron chi connectivity index (χ3n) is 4.51. The second-order valence-electron chi connectivity index (χ2n) is 7.04. The highest BCUT2D eigenvalue weighted by atomic mass is 32.2. The van der Waals surface area contributed by atoms with Gasteiger partial charge in [-0.25, -0.2) is 9.97 Å². The number of benzene rings is 1. The number of hydrogen-bond acceptors (Lipinski definition) is 8. The molecule has 33 heavy (non-hydrogen) atoms. The Labute approximate surface area is 197 Å². The summed E-state index contributed by atoms with van der Waals surface area (Å²) < 4.78 is 46.4. The average Bonchev–Trinajstić information content (AvgIpc) is 3.16. The summed E-state index contributed by atoms with van der Waals surface area (Å²) in [5, 5.41) is 8.62. The number of aryl methyl sites for hydroxylation is 2. The summed E-state index contributed by atoms with van der Waals surface area (Å²) in [5.41, 5.74) is 1.07. The van der Waals surface area contributed by atoms with Crippen LogP contribution in [0.4, 0.5) is 13.2 Å². The molecule has 0 N–H and O–H groups in total. The van der Waals surface area contributed by atoms with Crippen molar-refractivity contribution in [2.45, 2.75) is 54.7 Å². The summed E-state index contributed by atoms with van der Waals surface area (Å²) >= 11 is 2.40. The molecule has 176 valence electrons. The van der Waals surface area contributed by atoms with E-state index in [0.29, 0.717) is 22.6 Å². The van der Waals surface area contributed by atoms with Crippen LogP contribution in [0.15, 0.2) is 40.6 Å². The first-order valence-corrected chi connectivity index (χ1v) is 11.8. The van der Waals surface area contributed by atoms with Gasteiger partial charge in [-0.15, -0.1) is 10.2 Å². The number of esters is 1. The largest absolute Gasteiger partial charge is 0.468 e. The van der Waals surface area contributed by atoms with Crippen molar-refractivity contribution < 1.29 is 22.7 Å². The van der Waals surface area contributed by atoms with E-state index in [1.165, 1.54) is 29.5 Å².